The maximum absolute atomic E-state index is 11.5. The van der Waals surface area contributed by atoms with Gasteiger partial charge in [-0.25, -0.2) is 4.98 Å². The topological polar surface area (TPSA) is 92.8 Å². The summed E-state index contributed by atoms with van der Waals surface area (Å²) in [6, 6.07) is 7.78. The van der Waals surface area contributed by atoms with Crippen molar-refractivity contribution in [1.82, 2.24) is 20.2 Å². The molecule has 0 amide bonds. The zero-order valence-electron chi connectivity index (χ0n) is 16.7. The number of rotatable bonds is 8. The van der Waals surface area contributed by atoms with E-state index in [4.69, 9.17) is 4.74 Å². The van der Waals surface area contributed by atoms with Crippen molar-refractivity contribution < 1.29 is 8.95 Å². The Morgan fingerprint density at radius 1 is 1.30 bits per heavy atom. The van der Waals surface area contributed by atoms with Gasteiger partial charge >= 0.3 is 0 Å². The van der Waals surface area contributed by atoms with E-state index in [9.17, 15) is 4.21 Å². The minimum Gasteiger partial charge on any atom is -0.485 e. The van der Waals surface area contributed by atoms with Crippen LogP contribution in [-0.2, 0) is 17.4 Å². The highest BCUT2D eigenvalue weighted by Crippen LogP contribution is 2.37. The van der Waals surface area contributed by atoms with Gasteiger partial charge in [-0.05, 0) is 24.3 Å². The summed E-state index contributed by atoms with van der Waals surface area (Å²) in [6.07, 6.45) is 5.02. The molecule has 1 unspecified atom stereocenters. The third-order valence-electron chi connectivity index (χ3n) is 4.14. The van der Waals surface area contributed by atoms with E-state index < -0.39 is 10.8 Å². The second-order valence-electron chi connectivity index (χ2n) is 6.77. The molecule has 3 aromatic heterocycles. The summed E-state index contributed by atoms with van der Waals surface area (Å²) >= 11 is 3.28. The summed E-state index contributed by atoms with van der Waals surface area (Å²) in [4.78, 5) is 10.4. The second kappa shape index (κ2) is 9.15. The molecule has 30 heavy (non-hydrogen) atoms. The Hall–Kier alpha value is -2.43. The molecule has 0 saturated heterocycles. The van der Waals surface area contributed by atoms with Crippen LogP contribution < -0.4 is 10.1 Å². The van der Waals surface area contributed by atoms with Gasteiger partial charge in [0.15, 0.2) is 10.9 Å². The summed E-state index contributed by atoms with van der Waals surface area (Å²) in [5.74, 6) is 1.42. The molecule has 10 heteroatoms. The molecule has 156 valence electrons. The number of nitrogens with one attached hydrogen (secondary N) is 2. The van der Waals surface area contributed by atoms with Crippen LogP contribution in [0, 0.1) is 0 Å². The van der Waals surface area contributed by atoms with E-state index in [0.717, 1.165) is 26.6 Å². The number of fused-ring (bicyclic) bond motifs is 1. The molecule has 0 radical (unpaired) electrons. The lowest BCUT2D eigenvalue weighted by Gasteiger charge is -2.11. The Morgan fingerprint density at radius 3 is 2.83 bits per heavy atom. The third kappa shape index (κ3) is 4.82. The van der Waals surface area contributed by atoms with Gasteiger partial charge in [0, 0.05) is 39.6 Å². The number of anilines is 2. The van der Waals surface area contributed by atoms with E-state index in [1.54, 1.807) is 30.4 Å². The SMILES string of the molecule is CC(C)Sc1cc(OCc2ccc(S(C)=O)cn2)c2[nH]nc(Nc3nccs3)c2c1. The quantitative estimate of drug-likeness (QED) is 0.359. The highest BCUT2D eigenvalue weighted by atomic mass is 32.2. The Balaban J connectivity index is 1.63. The number of thioether (sulfide) groups is 1. The van der Waals surface area contributed by atoms with Gasteiger partial charge in [0.1, 0.15) is 17.9 Å². The molecule has 0 saturated carbocycles. The third-order valence-corrected chi connectivity index (χ3v) is 6.72. The van der Waals surface area contributed by atoms with E-state index in [1.165, 1.54) is 11.3 Å². The molecule has 0 bridgehead atoms. The molecule has 0 spiro atoms. The lowest BCUT2D eigenvalue weighted by atomic mass is 10.2. The predicted molar refractivity (Wildman–Crippen MR) is 123 cm³/mol. The molecular weight excluding hydrogens is 438 g/mol. The first-order valence-electron chi connectivity index (χ1n) is 9.26. The molecule has 4 rings (SSSR count). The minimum absolute atomic E-state index is 0.301. The summed E-state index contributed by atoms with van der Waals surface area (Å²) in [7, 11) is -1.05. The summed E-state index contributed by atoms with van der Waals surface area (Å²) in [6.45, 7) is 4.61. The van der Waals surface area contributed by atoms with Gasteiger partial charge in [-0.1, -0.05) is 13.8 Å². The van der Waals surface area contributed by atoms with Crippen LogP contribution in [0.15, 0.2) is 51.8 Å². The molecule has 7 nitrogen and oxygen atoms in total. The Kier molecular flexibility index (Phi) is 6.35. The van der Waals surface area contributed by atoms with Crippen molar-refractivity contribution in [3.05, 3.63) is 47.7 Å². The largest absolute Gasteiger partial charge is 0.485 e. The molecule has 0 fully saturated rings. The Morgan fingerprint density at radius 2 is 2.17 bits per heavy atom. The normalized spacial score (nSPS) is 12.4. The van der Waals surface area contributed by atoms with Crippen LogP contribution >= 0.6 is 23.1 Å². The standard InChI is InChI=1S/C20H21N5O2S3/c1-12(2)29-14-8-16-18(24-25-19(16)23-20-21-6-7-28-20)17(9-14)27-11-13-4-5-15(10-22-13)30(3)26/h4-10,12H,11H2,1-3H3,(H2,21,23,24,25). The van der Waals surface area contributed by atoms with Gasteiger partial charge < -0.3 is 10.1 Å². The van der Waals surface area contributed by atoms with Crippen molar-refractivity contribution >= 4 is 55.8 Å². The molecular formula is C20H21N5O2S3. The number of nitrogens with zero attached hydrogens (tertiary/aromatic N) is 3. The van der Waals surface area contributed by atoms with Crippen molar-refractivity contribution in [3.8, 4) is 5.75 Å². The number of hydrogen-bond acceptors (Lipinski definition) is 8. The van der Waals surface area contributed by atoms with Crippen LogP contribution in [-0.4, -0.2) is 35.9 Å². The molecule has 0 aliphatic rings. The average Bonchev–Trinajstić information content (AvgIpc) is 3.37. The lowest BCUT2D eigenvalue weighted by molar-refractivity contribution is 0.303. The maximum atomic E-state index is 11.5. The number of H-pyrrole nitrogens is 1. The second-order valence-corrected chi connectivity index (χ2v) is 10.7. The maximum Gasteiger partial charge on any atom is 0.188 e. The molecule has 2 N–H and O–H groups in total. The summed E-state index contributed by atoms with van der Waals surface area (Å²) in [5.41, 5.74) is 1.58. The fraction of sp³-hybridized carbons (Fsp3) is 0.250. The predicted octanol–water partition coefficient (Wildman–Crippen LogP) is 4.97. The number of benzene rings is 1. The first-order valence-corrected chi connectivity index (χ1v) is 12.6. The highest BCUT2D eigenvalue weighted by molar-refractivity contribution is 7.99. The van der Waals surface area contributed by atoms with Crippen molar-refractivity contribution in [2.75, 3.05) is 11.6 Å². The first-order chi connectivity index (χ1) is 14.5. The van der Waals surface area contributed by atoms with Crippen LogP contribution in [0.4, 0.5) is 10.9 Å². The van der Waals surface area contributed by atoms with Gasteiger partial charge in [0.2, 0.25) is 0 Å². The van der Waals surface area contributed by atoms with E-state index in [2.05, 4.69) is 45.4 Å². The highest BCUT2D eigenvalue weighted by Gasteiger charge is 2.15. The first kappa shape index (κ1) is 20.8. The smallest absolute Gasteiger partial charge is 0.188 e. The number of pyridine rings is 1. The fourth-order valence-corrected chi connectivity index (χ4v) is 4.71. The molecule has 0 aliphatic heterocycles. The molecule has 4 aromatic rings. The van der Waals surface area contributed by atoms with Crippen molar-refractivity contribution in [1.29, 1.82) is 0 Å². The van der Waals surface area contributed by atoms with Gasteiger partial charge in [0.25, 0.3) is 0 Å². The molecule has 3 heterocycles. The Bertz CT molecular complexity index is 1160. The van der Waals surface area contributed by atoms with Crippen molar-refractivity contribution in [2.45, 2.75) is 35.5 Å². The van der Waals surface area contributed by atoms with Gasteiger partial charge in [-0.2, -0.15) is 5.10 Å². The van der Waals surface area contributed by atoms with E-state index in [1.807, 2.05) is 23.6 Å². The number of ether oxygens (including phenoxy) is 1. The van der Waals surface area contributed by atoms with Crippen molar-refractivity contribution in [3.63, 3.8) is 0 Å². The van der Waals surface area contributed by atoms with Crippen LogP contribution in [0.1, 0.15) is 19.5 Å². The average molecular weight is 460 g/mol. The van der Waals surface area contributed by atoms with E-state index >= 15 is 0 Å². The summed E-state index contributed by atoms with van der Waals surface area (Å²) in [5, 5.41) is 14.8. The number of aromatic nitrogens is 4. The molecule has 1 aromatic carbocycles. The number of aromatic amines is 1. The molecule has 1 atom stereocenters. The van der Waals surface area contributed by atoms with Crippen LogP contribution in [0.25, 0.3) is 10.9 Å². The van der Waals surface area contributed by atoms with Gasteiger partial charge in [-0.3, -0.25) is 14.3 Å². The van der Waals surface area contributed by atoms with Crippen molar-refractivity contribution in [2.24, 2.45) is 0 Å². The van der Waals surface area contributed by atoms with Gasteiger partial charge in [0.05, 0.1) is 21.4 Å². The van der Waals surface area contributed by atoms with Crippen LogP contribution in [0.2, 0.25) is 0 Å². The Labute approximate surface area is 185 Å². The van der Waals surface area contributed by atoms with Gasteiger partial charge in [-0.15, -0.1) is 23.1 Å². The fourth-order valence-electron chi connectivity index (χ4n) is 2.82. The zero-order valence-corrected chi connectivity index (χ0v) is 19.2. The number of thiazole rings is 1. The zero-order chi connectivity index (χ0) is 21.1. The monoisotopic (exact) mass is 459 g/mol. The van der Waals surface area contributed by atoms with E-state index in [-0.39, 0.29) is 0 Å². The van der Waals surface area contributed by atoms with E-state index in [0.29, 0.717) is 28.3 Å². The lowest BCUT2D eigenvalue weighted by Crippen LogP contribution is -2.00. The minimum atomic E-state index is -1.05. The van der Waals surface area contributed by atoms with Crippen LogP contribution in [0.3, 0.4) is 0 Å². The molecule has 0 aliphatic carbocycles. The number of hydrogen-bond donors (Lipinski definition) is 2. The van der Waals surface area contributed by atoms with Crippen LogP contribution in [0.5, 0.6) is 5.75 Å². The summed E-state index contributed by atoms with van der Waals surface area (Å²) < 4.78 is 17.7.